The summed E-state index contributed by atoms with van der Waals surface area (Å²) >= 11 is 0. The SMILES string of the molecule is CN(CCC(=O)O)Cc1ccc(C#N)cc1F. The van der Waals surface area contributed by atoms with E-state index in [1.165, 1.54) is 6.07 Å². The van der Waals surface area contributed by atoms with Crippen LogP contribution in [0.1, 0.15) is 17.5 Å². The molecule has 1 N–H and O–H groups in total. The number of carboxylic acid groups (broad SMARTS) is 1. The van der Waals surface area contributed by atoms with Gasteiger partial charge in [-0.05, 0) is 19.2 Å². The van der Waals surface area contributed by atoms with E-state index in [4.69, 9.17) is 10.4 Å². The average Bonchev–Trinajstić information content (AvgIpc) is 2.29. The van der Waals surface area contributed by atoms with E-state index < -0.39 is 11.8 Å². The van der Waals surface area contributed by atoms with Crippen molar-refractivity contribution in [3.8, 4) is 6.07 Å². The molecule has 0 saturated carbocycles. The van der Waals surface area contributed by atoms with Crippen LogP contribution in [0.3, 0.4) is 0 Å². The zero-order valence-electron chi connectivity index (χ0n) is 9.48. The third kappa shape index (κ3) is 4.21. The highest BCUT2D eigenvalue weighted by atomic mass is 19.1. The molecule has 17 heavy (non-hydrogen) atoms. The molecule has 0 saturated heterocycles. The molecule has 0 aliphatic carbocycles. The van der Waals surface area contributed by atoms with E-state index in [0.717, 1.165) is 0 Å². The Hall–Kier alpha value is -1.93. The van der Waals surface area contributed by atoms with Crippen molar-refractivity contribution in [1.29, 1.82) is 5.26 Å². The molecular weight excluding hydrogens is 223 g/mol. The summed E-state index contributed by atoms with van der Waals surface area (Å²) in [6.45, 7) is 0.680. The van der Waals surface area contributed by atoms with E-state index in [2.05, 4.69) is 0 Å². The molecule has 0 aliphatic heterocycles. The predicted molar refractivity (Wildman–Crippen MR) is 59.7 cm³/mol. The van der Waals surface area contributed by atoms with Crippen LogP contribution < -0.4 is 0 Å². The lowest BCUT2D eigenvalue weighted by Crippen LogP contribution is -2.21. The number of hydrogen-bond donors (Lipinski definition) is 1. The fourth-order valence-corrected chi connectivity index (χ4v) is 1.40. The average molecular weight is 236 g/mol. The van der Waals surface area contributed by atoms with Gasteiger partial charge >= 0.3 is 5.97 Å². The van der Waals surface area contributed by atoms with Crippen LogP contribution in [-0.2, 0) is 11.3 Å². The first-order valence-corrected chi connectivity index (χ1v) is 5.12. The zero-order valence-corrected chi connectivity index (χ0v) is 9.48. The van der Waals surface area contributed by atoms with E-state index in [1.54, 1.807) is 24.1 Å². The number of aliphatic carboxylic acids is 1. The molecule has 0 bridgehead atoms. The van der Waals surface area contributed by atoms with E-state index >= 15 is 0 Å². The minimum absolute atomic E-state index is 0.0222. The number of benzene rings is 1. The Labute approximate surface area is 98.9 Å². The number of rotatable bonds is 5. The van der Waals surface area contributed by atoms with Crippen LogP contribution in [0.5, 0.6) is 0 Å². The van der Waals surface area contributed by atoms with Crippen LogP contribution >= 0.6 is 0 Å². The fraction of sp³-hybridized carbons (Fsp3) is 0.333. The molecule has 5 heteroatoms. The third-order valence-corrected chi connectivity index (χ3v) is 2.33. The highest BCUT2D eigenvalue weighted by molar-refractivity contribution is 5.66. The van der Waals surface area contributed by atoms with Gasteiger partial charge in [-0.3, -0.25) is 4.79 Å². The minimum atomic E-state index is -0.878. The maximum Gasteiger partial charge on any atom is 0.304 e. The molecule has 4 nitrogen and oxygen atoms in total. The van der Waals surface area contributed by atoms with Gasteiger partial charge in [-0.1, -0.05) is 6.07 Å². The van der Waals surface area contributed by atoms with Gasteiger partial charge in [0.2, 0.25) is 0 Å². The highest BCUT2D eigenvalue weighted by Crippen LogP contribution is 2.12. The summed E-state index contributed by atoms with van der Waals surface area (Å²) < 4.78 is 13.5. The van der Waals surface area contributed by atoms with Crippen LogP contribution in [0, 0.1) is 17.1 Å². The van der Waals surface area contributed by atoms with Crippen molar-refractivity contribution in [3.63, 3.8) is 0 Å². The first kappa shape index (κ1) is 13.1. The number of halogens is 1. The molecule has 90 valence electrons. The quantitative estimate of drug-likeness (QED) is 0.843. The molecule has 0 atom stereocenters. The number of nitriles is 1. The predicted octanol–water partition coefficient (Wildman–Crippen LogP) is 1.60. The van der Waals surface area contributed by atoms with Crippen molar-refractivity contribution < 1.29 is 14.3 Å². The summed E-state index contributed by atoms with van der Waals surface area (Å²) in [6.07, 6.45) is 0.0222. The van der Waals surface area contributed by atoms with E-state index in [0.29, 0.717) is 18.7 Å². The summed E-state index contributed by atoms with van der Waals surface area (Å²) in [6, 6.07) is 6.13. The van der Waals surface area contributed by atoms with Crippen molar-refractivity contribution in [2.45, 2.75) is 13.0 Å². The lowest BCUT2D eigenvalue weighted by atomic mass is 10.1. The van der Waals surface area contributed by atoms with Gasteiger partial charge in [0.05, 0.1) is 18.1 Å². The van der Waals surface area contributed by atoms with Crippen LogP contribution in [-0.4, -0.2) is 29.6 Å². The Morgan fingerprint density at radius 3 is 2.82 bits per heavy atom. The van der Waals surface area contributed by atoms with Gasteiger partial charge in [0.25, 0.3) is 0 Å². The zero-order chi connectivity index (χ0) is 12.8. The van der Waals surface area contributed by atoms with Gasteiger partial charge in [-0.15, -0.1) is 0 Å². The number of hydrogen-bond acceptors (Lipinski definition) is 3. The van der Waals surface area contributed by atoms with Crippen LogP contribution in [0.15, 0.2) is 18.2 Å². The normalized spacial score (nSPS) is 10.2. The van der Waals surface area contributed by atoms with E-state index in [1.807, 2.05) is 6.07 Å². The summed E-state index contributed by atoms with van der Waals surface area (Å²) in [5, 5.41) is 17.1. The first-order chi connectivity index (χ1) is 8.02. The number of carbonyl (C=O) groups is 1. The Kier molecular flexibility index (Phi) is 4.61. The van der Waals surface area contributed by atoms with E-state index in [9.17, 15) is 9.18 Å². The molecule has 0 amide bonds. The molecule has 0 unspecified atom stereocenters. The van der Waals surface area contributed by atoms with Gasteiger partial charge in [0.1, 0.15) is 5.82 Å². The smallest absolute Gasteiger partial charge is 0.304 e. The Morgan fingerprint density at radius 2 is 2.29 bits per heavy atom. The monoisotopic (exact) mass is 236 g/mol. The molecule has 0 aromatic heterocycles. The molecule has 1 aromatic carbocycles. The summed E-state index contributed by atoms with van der Waals surface area (Å²) in [5.74, 6) is -1.32. The lowest BCUT2D eigenvalue weighted by molar-refractivity contribution is -0.137. The van der Waals surface area contributed by atoms with Crippen LogP contribution in [0.2, 0.25) is 0 Å². The molecule has 0 aliphatic rings. The van der Waals surface area contributed by atoms with Gasteiger partial charge in [-0.2, -0.15) is 5.26 Å². The third-order valence-electron chi connectivity index (χ3n) is 2.33. The van der Waals surface area contributed by atoms with Crippen molar-refractivity contribution in [2.75, 3.05) is 13.6 Å². The fourth-order valence-electron chi connectivity index (χ4n) is 1.40. The molecule has 1 aromatic rings. The summed E-state index contributed by atoms with van der Waals surface area (Å²) in [5.41, 5.74) is 0.733. The molecule has 0 fully saturated rings. The van der Waals surface area contributed by atoms with Crippen LogP contribution in [0.25, 0.3) is 0 Å². The Bertz CT molecular complexity index is 454. The van der Waals surface area contributed by atoms with Crippen molar-refractivity contribution in [3.05, 3.63) is 35.1 Å². The molecule has 0 heterocycles. The topological polar surface area (TPSA) is 64.3 Å². The van der Waals surface area contributed by atoms with Gasteiger partial charge in [0, 0.05) is 18.7 Å². The Balaban J connectivity index is 2.62. The van der Waals surface area contributed by atoms with Gasteiger partial charge in [-0.25, -0.2) is 4.39 Å². The van der Waals surface area contributed by atoms with E-state index in [-0.39, 0.29) is 12.0 Å². The lowest BCUT2D eigenvalue weighted by Gasteiger charge is -2.15. The second-order valence-electron chi connectivity index (χ2n) is 3.80. The summed E-state index contributed by atoms with van der Waals surface area (Å²) in [7, 11) is 1.72. The molecule has 1 rings (SSSR count). The van der Waals surface area contributed by atoms with Crippen molar-refractivity contribution in [1.82, 2.24) is 4.90 Å². The largest absolute Gasteiger partial charge is 0.481 e. The summed E-state index contributed by atoms with van der Waals surface area (Å²) in [4.78, 5) is 12.1. The van der Waals surface area contributed by atoms with Gasteiger partial charge < -0.3 is 10.0 Å². The molecular formula is C12H13FN2O2. The number of nitrogens with zero attached hydrogens (tertiary/aromatic N) is 2. The van der Waals surface area contributed by atoms with Gasteiger partial charge in [0.15, 0.2) is 0 Å². The highest BCUT2D eigenvalue weighted by Gasteiger charge is 2.08. The second-order valence-corrected chi connectivity index (χ2v) is 3.80. The molecule has 0 spiro atoms. The Morgan fingerprint density at radius 1 is 1.59 bits per heavy atom. The number of carboxylic acids is 1. The standard InChI is InChI=1S/C12H13FN2O2/c1-15(5-4-12(16)17)8-10-3-2-9(7-14)6-11(10)13/h2-3,6H,4-5,8H2,1H3,(H,16,17). The van der Waals surface area contributed by atoms with Crippen molar-refractivity contribution in [2.24, 2.45) is 0 Å². The maximum absolute atomic E-state index is 13.5. The second kappa shape index (κ2) is 5.97. The minimum Gasteiger partial charge on any atom is -0.481 e. The molecule has 0 radical (unpaired) electrons. The van der Waals surface area contributed by atoms with Crippen molar-refractivity contribution >= 4 is 5.97 Å². The first-order valence-electron chi connectivity index (χ1n) is 5.12. The van der Waals surface area contributed by atoms with Crippen LogP contribution in [0.4, 0.5) is 4.39 Å². The maximum atomic E-state index is 13.5.